The molecule has 0 aliphatic rings. The van der Waals surface area contributed by atoms with E-state index in [9.17, 15) is 18.0 Å². The van der Waals surface area contributed by atoms with Gasteiger partial charge in [-0.1, -0.05) is 44.2 Å². The Morgan fingerprint density at radius 1 is 1.07 bits per heavy atom. The SMILES string of the molecule is CC(C)c1ccccc1N(CC(=O)Nc1ccccc1C(N)=O)S(C)(=O)=O. The molecule has 0 spiro atoms. The second-order valence-electron chi connectivity index (χ2n) is 6.44. The quantitative estimate of drug-likeness (QED) is 0.757. The second kappa shape index (κ2) is 8.22. The van der Waals surface area contributed by atoms with Crippen molar-refractivity contribution in [3.63, 3.8) is 0 Å². The molecule has 0 atom stereocenters. The van der Waals surface area contributed by atoms with E-state index in [0.717, 1.165) is 16.1 Å². The van der Waals surface area contributed by atoms with Crippen molar-refractivity contribution in [1.82, 2.24) is 0 Å². The normalized spacial score (nSPS) is 11.3. The Labute approximate surface area is 159 Å². The molecule has 27 heavy (non-hydrogen) atoms. The minimum absolute atomic E-state index is 0.0732. The highest BCUT2D eigenvalue weighted by molar-refractivity contribution is 7.92. The highest BCUT2D eigenvalue weighted by atomic mass is 32.2. The molecular formula is C19H23N3O4S. The number of para-hydroxylation sites is 2. The Kier molecular flexibility index (Phi) is 6.22. The summed E-state index contributed by atoms with van der Waals surface area (Å²) in [6.07, 6.45) is 1.05. The maximum Gasteiger partial charge on any atom is 0.250 e. The van der Waals surface area contributed by atoms with E-state index in [-0.39, 0.29) is 17.2 Å². The Hall–Kier alpha value is -2.87. The van der Waals surface area contributed by atoms with Gasteiger partial charge in [-0.05, 0) is 29.7 Å². The van der Waals surface area contributed by atoms with Crippen LogP contribution >= 0.6 is 0 Å². The van der Waals surface area contributed by atoms with Crippen molar-refractivity contribution in [2.24, 2.45) is 5.73 Å². The fourth-order valence-electron chi connectivity index (χ4n) is 2.71. The van der Waals surface area contributed by atoms with Crippen LogP contribution in [0.5, 0.6) is 0 Å². The van der Waals surface area contributed by atoms with Crippen LogP contribution in [0, 0.1) is 0 Å². The van der Waals surface area contributed by atoms with Crippen LogP contribution in [-0.2, 0) is 14.8 Å². The molecule has 2 aromatic carbocycles. The summed E-state index contributed by atoms with van der Waals surface area (Å²) in [6.45, 7) is 3.47. The number of carbonyl (C=O) groups is 2. The van der Waals surface area contributed by atoms with Gasteiger partial charge in [0.1, 0.15) is 6.54 Å². The van der Waals surface area contributed by atoms with Crippen LogP contribution in [0.4, 0.5) is 11.4 Å². The summed E-state index contributed by atoms with van der Waals surface area (Å²) in [6, 6.07) is 13.3. The van der Waals surface area contributed by atoms with Crippen LogP contribution < -0.4 is 15.4 Å². The zero-order valence-corrected chi connectivity index (χ0v) is 16.3. The van der Waals surface area contributed by atoms with Crippen molar-refractivity contribution in [2.75, 3.05) is 22.4 Å². The highest BCUT2D eigenvalue weighted by Crippen LogP contribution is 2.29. The average Bonchev–Trinajstić information content (AvgIpc) is 2.59. The lowest BCUT2D eigenvalue weighted by molar-refractivity contribution is -0.114. The Morgan fingerprint density at radius 2 is 1.67 bits per heavy atom. The van der Waals surface area contributed by atoms with E-state index in [1.54, 1.807) is 24.3 Å². The number of rotatable bonds is 7. The third kappa shape index (κ3) is 5.07. The lowest BCUT2D eigenvalue weighted by Gasteiger charge is -2.25. The largest absolute Gasteiger partial charge is 0.366 e. The van der Waals surface area contributed by atoms with Gasteiger partial charge in [-0.25, -0.2) is 8.42 Å². The number of amides is 2. The summed E-state index contributed by atoms with van der Waals surface area (Å²) in [4.78, 5) is 24.0. The molecule has 3 N–H and O–H groups in total. The van der Waals surface area contributed by atoms with Gasteiger partial charge >= 0.3 is 0 Å². The van der Waals surface area contributed by atoms with E-state index in [1.165, 1.54) is 12.1 Å². The second-order valence-corrected chi connectivity index (χ2v) is 8.35. The lowest BCUT2D eigenvalue weighted by atomic mass is 10.0. The van der Waals surface area contributed by atoms with Crippen LogP contribution in [0.15, 0.2) is 48.5 Å². The fourth-order valence-corrected chi connectivity index (χ4v) is 3.59. The molecular weight excluding hydrogens is 366 g/mol. The van der Waals surface area contributed by atoms with Gasteiger partial charge in [-0.3, -0.25) is 13.9 Å². The molecule has 0 heterocycles. The van der Waals surface area contributed by atoms with Gasteiger partial charge in [-0.15, -0.1) is 0 Å². The third-order valence-corrected chi connectivity index (χ3v) is 5.11. The molecule has 2 rings (SSSR count). The first-order chi connectivity index (χ1) is 12.6. The number of carbonyl (C=O) groups excluding carboxylic acids is 2. The zero-order valence-electron chi connectivity index (χ0n) is 15.5. The van der Waals surface area contributed by atoms with Gasteiger partial charge in [0.25, 0.3) is 5.91 Å². The maximum absolute atomic E-state index is 12.5. The number of sulfonamides is 1. The topological polar surface area (TPSA) is 110 Å². The van der Waals surface area contributed by atoms with E-state index in [0.29, 0.717) is 5.69 Å². The van der Waals surface area contributed by atoms with E-state index in [2.05, 4.69) is 5.32 Å². The minimum atomic E-state index is -3.71. The van der Waals surface area contributed by atoms with Crippen molar-refractivity contribution in [1.29, 1.82) is 0 Å². The van der Waals surface area contributed by atoms with Crippen molar-refractivity contribution < 1.29 is 18.0 Å². The summed E-state index contributed by atoms with van der Waals surface area (Å²) < 4.78 is 25.7. The van der Waals surface area contributed by atoms with Gasteiger partial charge < -0.3 is 11.1 Å². The van der Waals surface area contributed by atoms with Crippen molar-refractivity contribution in [3.05, 3.63) is 59.7 Å². The number of benzene rings is 2. The molecule has 8 heteroatoms. The molecule has 0 bridgehead atoms. The monoisotopic (exact) mass is 389 g/mol. The number of hydrogen-bond acceptors (Lipinski definition) is 4. The predicted molar refractivity (Wildman–Crippen MR) is 106 cm³/mol. The van der Waals surface area contributed by atoms with Crippen molar-refractivity contribution in [2.45, 2.75) is 19.8 Å². The number of nitrogens with two attached hydrogens (primary N) is 1. The Morgan fingerprint density at radius 3 is 2.26 bits per heavy atom. The van der Waals surface area contributed by atoms with Gasteiger partial charge in [0.15, 0.2) is 0 Å². The fraction of sp³-hybridized carbons (Fsp3) is 0.263. The lowest BCUT2D eigenvalue weighted by Crippen LogP contribution is -2.38. The number of nitrogens with zero attached hydrogens (tertiary/aromatic N) is 1. The number of nitrogens with one attached hydrogen (secondary N) is 1. The van der Waals surface area contributed by atoms with Crippen molar-refractivity contribution in [3.8, 4) is 0 Å². The molecule has 2 aromatic rings. The Balaban J connectivity index is 2.34. The highest BCUT2D eigenvalue weighted by Gasteiger charge is 2.24. The van der Waals surface area contributed by atoms with Crippen LogP contribution in [-0.4, -0.2) is 33.0 Å². The molecule has 0 aliphatic carbocycles. The van der Waals surface area contributed by atoms with Crippen LogP contribution in [0.1, 0.15) is 35.7 Å². The predicted octanol–water partition coefficient (Wildman–Crippen LogP) is 2.31. The molecule has 7 nitrogen and oxygen atoms in total. The average molecular weight is 389 g/mol. The van der Waals surface area contributed by atoms with Crippen molar-refractivity contribution >= 4 is 33.2 Å². The summed E-state index contributed by atoms with van der Waals surface area (Å²) in [7, 11) is -3.71. The van der Waals surface area contributed by atoms with Crippen LogP contribution in [0.3, 0.4) is 0 Å². The molecule has 0 aromatic heterocycles. The third-order valence-electron chi connectivity index (χ3n) is 3.98. The van der Waals surface area contributed by atoms with Gasteiger partial charge in [0.2, 0.25) is 15.9 Å². The van der Waals surface area contributed by atoms with Gasteiger partial charge in [0.05, 0.1) is 23.2 Å². The molecule has 0 fully saturated rings. The van der Waals surface area contributed by atoms with Gasteiger partial charge in [0, 0.05) is 0 Å². The summed E-state index contributed by atoms with van der Waals surface area (Å²) >= 11 is 0. The molecule has 0 saturated heterocycles. The molecule has 144 valence electrons. The van der Waals surface area contributed by atoms with E-state index in [1.807, 2.05) is 26.0 Å². The molecule has 0 saturated carbocycles. The number of primary amides is 1. The summed E-state index contributed by atoms with van der Waals surface area (Å²) in [5.41, 5.74) is 6.96. The van der Waals surface area contributed by atoms with Gasteiger partial charge in [-0.2, -0.15) is 0 Å². The first-order valence-corrected chi connectivity index (χ1v) is 10.2. The maximum atomic E-state index is 12.5. The molecule has 0 aliphatic heterocycles. The summed E-state index contributed by atoms with van der Waals surface area (Å²) in [5, 5.41) is 2.57. The number of anilines is 2. The standard InChI is InChI=1S/C19H23N3O4S/c1-13(2)14-8-5-7-11-17(14)22(27(3,25)26)12-18(23)21-16-10-6-4-9-15(16)19(20)24/h4-11,13H,12H2,1-3H3,(H2,20,24)(H,21,23). The first-order valence-electron chi connectivity index (χ1n) is 8.36. The number of hydrogen-bond donors (Lipinski definition) is 2. The van der Waals surface area contributed by atoms with Crippen LogP contribution in [0.25, 0.3) is 0 Å². The van der Waals surface area contributed by atoms with E-state index >= 15 is 0 Å². The molecule has 0 unspecified atom stereocenters. The van der Waals surface area contributed by atoms with E-state index < -0.39 is 28.4 Å². The Bertz CT molecular complexity index is 955. The zero-order chi connectivity index (χ0) is 20.2. The smallest absolute Gasteiger partial charge is 0.250 e. The van der Waals surface area contributed by atoms with E-state index in [4.69, 9.17) is 5.73 Å². The first kappa shape index (κ1) is 20.4. The van der Waals surface area contributed by atoms with Crippen LogP contribution in [0.2, 0.25) is 0 Å². The minimum Gasteiger partial charge on any atom is -0.366 e. The molecule has 2 amide bonds. The molecule has 0 radical (unpaired) electrons. The summed E-state index contributed by atoms with van der Waals surface area (Å²) in [5.74, 6) is -1.19.